The number of nitrogens with zero attached hydrogens (tertiary/aromatic N) is 2. The van der Waals surface area contributed by atoms with Crippen molar-refractivity contribution in [2.24, 2.45) is 4.99 Å². The Kier molecular flexibility index (Phi) is 7.95. The van der Waals surface area contributed by atoms with E-state index in [-0.39, 0.29) is 6.54 Å². The zero-order chi connectivity index (χ0) is 18.1. The maximum Gasteiger partial charge on any atom is 0.434 e. The van der Waals surface area contributed by atoms with Crippen LogP contribution in [0.3, 0.4) is 0 Å². The van der Waals surface area contributed by atoms with E-state index >= 15 is 0 Å². The fraction of sp³-hybridized carbons (Fsp3) is 0.750. The van der Waals surface area contributed by atoms with Crippen molar-refractivity contribution in [1.29, 1.82) is 0 Å². The van der Waals surface area contributed by atoms with Gasteiger partial charge in [-0.1, -0.05) is 19.3 Å². The van der Waals surface area contributed by atoms with E-state index < -0.39 is 11.9 Å². The highest BCUT2D eigenvalue weighted by molar-refractivity contribution is 7.09. The fourth-order valence-corrected chi connectivity index (χ4v) is 3.40. The number of aromatic nitrogens is 1. The molecule has 0 unspecified atom stereocenters. The normalized spacial score (nSPS) is 16.9. The maximum absolute atomic E-state index is 12.5. The molecule has 0 spiro atoms. The van der Waals surface area contributed by atoms with Crippen LogP contribution in [-0.2, 0) is 17.5 Å². The topological polar surface area (TPSA) is 58.5 Å². The van der Waals surface area contributed by atoms with Gasteiger partial charge in [-0.3, -0.25) is 4.99 Å². The first kappa shape index (κ1) is 20.0. The summed E-state index contributed by atoms with van der Waals surface area (Å²) in [4.78, 5) is 7.63. The van der Waals surface area contributed by atoms with Crippen LogP contribution in [0.1, 0.15) is 49.2 Å². The van der Waals surface area contributed by atoms with Crippen LogP contribution in [0.4, 0.5) is 13.2 Å². The van der Waals surface area contributed by atoms with Crippen molar-refractivity contribution >= 4 is 17.3 Å². The largest absolute Gasteiger partial charge is 0.434 e. The molecule has 0 aliphatic heterocycles. The predicted molar refractivity (Wildman–Crippen MR) is 92.8 cm³/mol. The van der Waals surface area contributed by atoms with Crippen molar-refractivity contribution in [3.8, 4) is 0 Å². The van der Waals surface area contributed by atoms with Gasteiger partial charge in [-0.05, 0) is 19.3 Å². The van der Waals surface area contributed by atoms with Gasteiger partial charge in [0.2, 0.25) is 0 Å². The minimum absolute atomic E-state index is 0.207. The maximum atomic E-state index is 12.5. The summed E-state index contributed by atoms with van der Waals surface area (Å²) in [6.07, 6.45) is 3.00. The summed E-state index contributed by atoms with van der Waals surface area (Å²) >= 11 is 0.980. The Morgan fingerprint density at radius 3 is 2.72 bits per heavy atom. The van der Waals surface area contributed by atoms with Crippen LogP contribution in [0.5, 0.6) is 0 Å². The minimum atomic E-state index is -4.40. The molecule has 0 bridgehead atoms. The number of halogens is 3. The summed E-state index contributed by atoms with van der Waals surface area (Å²) in [5.74, 6) is 0.543. The quantitative estimate of drug-likeness (QED) is 0.433. The van der Waals surface area contributed by atoms with E-state index in [0.717, 1.165) is 36.0 Å². The molecular weight excluding hydrogens is 353 g/mol. The molecule has 1 saturated carbocycles. The van der Waals surface area contributed by atoms with Crippen molar-refractivity contribution in [2.45, 2.75) is 57.3 Å². The highest BCUT2D eigenvalue weighted by atomic mass is 32.1. The van der Waals surface area contributed by atoms with Gasteiger partial charge in [-0.25, -0.2) is 4.98 Å². The van der Waals surface area contributed by atoms with Crippen molar-refractivity contribution in [1.82, 2.24) is 15.6 Å². The third kappa shape index (κ3) is 7.19. The molecule has 0 atom stereocenters. The molecule has 1 aliphatic carbocycles. The lowest BCUT2D eigenvalue weighted by atomic mass is 9.98. The molecule has 0 saturated heterocycles. The van der Waals surface area contributed by atoms with Crippen molar-refractivity contribution < 1.29 is 17.9 Å². The van der Waals surface area contributed by atoms with Gasteiger partial charge in [0, 0.05) is 25.6 Å². The molecule has 1 aromatic heterocycles. The number of alkyl halides is 3. The molecule has 9 heteroatoms. The first-order valence-electron chi connectivity index (χ1n) is 8.57. The molecule has 0 amide bonds. The van der Waals surface area contributed by atoms with Gasteiger partial charge in [0.05, 0.1) is 12.6 Å². The molecule has 0 aromatic carbocycles. The average Bonchev–Trinajstić information content (AvgIpc) is 3.07. The summed E-state index contributed by atoms with van der Waals surface area (Å²) < 4.78 is 43.4. The predicted octanol–water partition coefficient (Wildman–Crippen LogP) is 3.57. The van der Waals surface area contributed by atoms with Gasteiger partial charge in [0.25, 0.3) is 0 Å². The van der Waals surface area contributed by atoms with E-state index in [4.69, 9.17) is 4.74 Å². The highest BCUT2D eigenvalue weighted by Crippen LogP contribution is 2.29. The lowest BCUT2D eigenvalue weighted by molar-refractivity contribution is -0.140. The average molecular weight is 378 g/mol. The van der Waals surface area contributed by atoms with Gasteiger partial charge < -0.3 is 15.4 Å². The summed E-state index contributed by atoms with van der Waals surface area (Å²) in [5.41, 5.74) is -0.850. The zero-order valence-corrected chi connectivity index (χ0v) is 15.2. The first-order valence-corrected chi connectivity index (χ1v) is 9.44. The molecule has 142 valence electrons. The second-order valence-electron chi connectivity index (χ2n) is 5.96. The Hall–Kier alpha value is -1.35. The van der Waals surface area contributed by atoms with Crippen LogP contribution < -0.4 is 10.6 Å². The van der Waals surface area contributed by atoms with Crippen LogP contribution >= 0.6 is 11.3 Å². The zero-order valence-electron chi connectivity index (χ0n) is 14.4. The SMILES string of the molecule is CN=C(NCCCOC1CCCCC1)NCc1nc(C(F)(F)F)cs1. The molecule has 1 fully saturated rings. The Labute approximate surface area is 150 Å². The van der Waals surface area contributed by atoms with E-state index in [1.165, 1.54) is 19.3 Å². The summed E-state index contributed by atoms with van der Waals surface area (Å²) in [6.45, 7) is 1.60. The van der Waals surface area contributed by atoms with Crippen LogP contribution in [0.15, 0.2) is 10.4 Å². The van der Waals surface area contributed by atoms with Crippen LogP contribution in [0.2, 0.25) is 0 Å². The lowest BCUT2D eigenvalue weighted by Gasteiger charge is -2.22. The van der Waals surface area contributed by atoms with Gasteiger partial charge >= 0.3 is 6.18 Å². The molecule has 2 rings (SSSR count). The molecule has 0 radical (unpaired) electrons. The number of ether oxygens (including phenoxy) is 1. The number of hydrogen-bond acceptors (Lipinski definition) is 4. The monoisotopic (exact) mass is 378 g/mol. The molecule has 1 heterocycles. The summed E-state index contributed by atoms with van der Waals surface area (Å²) in [5, 5.41) is 7.49. The molecular formula is C16H25F3N4OS. The first-order chi connectivity index (χ1) is 12.0. The molecule has 5 nitrogen and oxygen atoms in total. The van der Waals surface area contributed by atoms with E-state index in [1.54, 1.807) is 7.05 Å². The number of rotatable bonds is 7. The number of thiazole rings is 1. The molecule has 1 aromatic rings. The van der Waals surface area contributed by atoms with E-state index in [1.807, 2.05) is 0 Å². The summed E-state index contributed by atoms with van der Waals surface area (Å²) in [7, 11) is 1.62. The van der Waals surface area contributed by atoms with Crippen LogP contribution in [0, 0.1) is 0 Å². The lowest BCUT2D eigenvalue weighted by Crippen LogP contribution is -2.37. The highest BCUT2D eigenvalue weighted by Gasteiger charge is 2.33. The van der Waals surface area contributed by atoms with E-state index in [0.29, 0.717) is 30.2 Å². The molecule has 1 aliphatic rings. The fourth-order valence-electron chi connectivity index (χ4n) is 2.66. The van der Waals surface area contributed by atoms with Gasteiger partial charge in [0.15, 0.2) is 11.7 Å². The number of hydrogen-bond donors (Lipinski definition) is 2. The standard InChI is InChI=1S/C16H25F3N4OS/c1-20-15(21-8-5-9-24-12-6-3-2-4-7-12)22-10-14-23-13(11-25-14)16(17,18)19/h11-12H,2-10H2,1H3,(H2,20,21,22). The van der Waals surface area contributed by atoms with E-state index in [9.17, 15) is 13.2 Å². The Balaban J connectivity index is 1.61. The number of guanidine groups is 1. The van der Waals surface area contributed by atoms with Crippen molar-refractivity contribution in [3.63, 3.8) is 0 Å². The minimum Gasteiger partial charge on any atom is -0.378 e. The van der Waals surface area contributed by atoms with Crippen molar-refractivity contribution in [2.75, 3.05) is 20.2 Å². The summed E-state index contributed by atoms with van der Waals surface area (Å²) in [6, 6.07) is 0. The second kappa shape index (κ2) is 9.96. The van der Waals surface area contributed by atoms with Gasteiger partial charge in [-0.15, -0.1) is 11.3 Å². The number of aliphatic imine (C=N–C) groups is 1. The van der Waals surface area contributed by atoms with E-state index in [2.05, 4.69) is 20.6 Å². The smallest absolute Gasteiger partial charge is 0.378 e. The Morgan fingerprint density at radius 2 is 2.08 bits per heavy atom. The third-order valence-electron chi connectivity index (χ3n) is 3.99. The second-order valence-corrected chi connectivity index (χ2v) is 6.90. The van der Waals surface area contributed by atoms with Crippen molar-refractivity contribution in [3.05, 3.63) is 16.1 Å². The molecule has 25 heavy (non-hydrogen) atoms. The van der Waals surface area contributed by atoms with Gasteiger partial charge in [-0.2, -0.15) is 13.2 Å². The van der Waals surface area contributed by atoms with Crippen LogP contribution in [-0.4, -0.2) is 37.2 Å². The van der Waals surface area contributed by atoms with Crippen LogP contribution in [0.25, 0.3) is 0 Å². The third-order valence-corrected chi connectivity index (χ3v) is 4.84. The van der Waals surface area contributed by atoms with Gasteiger partial charge in [0.1, 0.15) is 5.01 Å². The number of nitrogens with one attached hydrogen (secondary N) is 2. The molecule has 2 N–H and O–H groups in total. The Morgan fingerprint density at radius 1 is 1.32 bits per heavy atom. The Bertz CT molecular complexity index is 542.